The number of carbonyl (C=O) groups excluding carboxylic acids is 1. The first kappa shape index (κ1) is 12.1. The summed E-state index contributed by atoms with van der Waals surface area (Å²) in [5.41, 5.74) is 0. The van der Waals surface area contributed by atoms with Crippen LogP contribution in [0.4, 0.5) is 4.39 Å². The maximum Gasteiger partial charge on any atom is 0.222 e. The maximum absolute atomic E-state index is 12.5. The highest BCUT2D eigenvalue weighted by atomic mass is 35.5. The number of hydrogen-bond donors (Lipinski definition) is 0. The quantitative estimate of drug-likeness (QED) is 0.604. The Morgan fingerprint density at radius 3 is 2.27 bits per heavy atom. The minimum atomic E-state index is -3.54. The number of benzene rings is 1. The smallest absolute Gasteiger partial charge is 0.222 e. The highest BCUT2D eigenvalue weighted by Gasteiger charge is 2.15. The minimum absolute atomic E-state index is 0.0122. The van der Waals surface area contributed by atoms with E-state index in [1.165, 1.54) is 0 Å². The molecule has 0 spiro atoms. The summed E-state index contributed by atoms with van der Waals surface area (Å²) in [7, 11) is -3.54. The molecule has 0 heterocycles. The summed E-state index contributed by atoms with van der Waals surface area (Å²) < 4.78 is 35.5. The van der Waals surface area contributed by atoms with E-state index in [9.17, 15) is 17.6 Å². The monoisotopic (exact) mass is 250 g/mol. The summed E-state index contributed by atoms with van der Waals surface area (Å²) >= 11 is 5.03. The van der Waals surface area contributed by atoms with Crippen molar-refractivity contribution in [2.24, 2.45) is 0 Å². The van der Waals surface area contributed by atoms with Crippen LogP contribution >= 0.6 is 11.6 Å². The Hall–Kier alpha value is -0.940. The fourth-order valence-corrected chi connectivity index (χ4v) is 2.42. The van der Waals surface area contributed by atoms with E-state index in [0.717, 1.165) is 24.3 Å². The van der Waals surface area contributed by atoms with Crippen molar-refractivity contribution in [1.29, 1.82) is 0 Å². The molecule has 15 heavy (non-hydrogen) atoms. The van der Waals surface area contributed by atoms with Gasteiger partial charge in [0.1, 0.15) is 5.82 Å². The van der Waals surface area contributed by atoms with Gasteiger partial charge in [0, 0.05) is 6.42 Å². The molecule has 1 aromatic rings. The van der Waals surface area contributed by atoms with Crippen LogP contribution in [-0.4, -0.2) is 19.4 Å². The van der Waals surface area contributed by atoms with E-state index >= 15 is 0 Å². The molecule has 6 heteroatoms. The van der Waals surface area contributed by atoms with Gasteiger partial charge in [-0.15, -0.1) is 0 Å². The van der Waals surface area contributed by atoms with Gasteiger partial charge in [-0.2, -0.15) is 0 Å². The second kappa shape index (κ2) is 4.72. The van der Waals surface area contributed by atoms with Crippen LogP contribution in [0.5, 0.6) is 0 Å². The molecule has 0 saturated heterocycles. The van der Waals surface area contributed by atoms with Crippen molar-refractivity contribution < 1.29 is 17.6 Å². The molecule has 0 aliphatic rings. The Bertz CT molecular complexity index is 453. The standard InChI is InChI=1S/C9H8ClFO3S/c10-9(12)5-6-15(13,14)8-3-1-7(11)2-4-8/h1-4H,5-6H2. The van der Waals surface area contributed by atoms with Crippen molar-refractivity contribution in [3.8, 4) is 0 Å². The van der Waals surface area contributed by atoms with Gasteiger partial charge in [-0.05, 0) is 35.9 Å². The van der Waals surface area contributed by atoms with Gasteiger partial charge in [0.15, 0.2) is 9.84 Å². The molecule has 0 aliphatic heterocycles. The van der Waals surface area contributed by atoms with Gasteiger partial charge in [-0.1, -0.05) is 0 Å². The van der Waals surface area contributed by atoms with Crippen molar-refractivity contribution in [3.63, 3.8) is 0 Å². The number of rotatable bonds is 4. The van der Waals surface area contributed by atoms with Crippen molar-refractivity contribution >= 4 is 26.7 Å². The van der Waals surface area contributed by atoms with Gasteiger partial charge in [-0.25, -0.2) is 12.8 Å². The third kappa shape index (κ3) is 3.60. The first-order chi connectivity index (χ1) is 6.92. The highest BCUT2D eigenvalue weighted by molar-refractivity contribution is 7.91. The summed E-state index contributed by atoms with van der Waals surface area (Å²) in [6, 6.07) is 4.41. The molecule has 1 aromatic carbocycles. The van der Waals surface area contributed by atoms with Gasteiger partial charge in [0.2, 0.25) is 5.24 Å². The van der Waals surface area contributed by atoms with Crippen LogP contribution in [0, 0.1) is 5.82 Å². The second-order valence-corrected chi connectivity index (χ2v) is 5.41. The molecule has 0 radical (unpaired) electrons. The van der Waals surface area contributed by atoms with Gasteiger partial charge in [0.25, 0.3) is 0 Å². The Labute approximate surface area is 91.8 Å². The topological polar surface area (TPSA) is 51.2 Å². The third-order valence-corrected chi connectivity index (χ3v) is 3.66. The van der Waals surface area contributed by atoms with Crippen LogP contribution in [-0.2, 0) is 14.6 Å². The molecule has 0 fully saturated rings. The van der Waals surface area contributed by atoms with Crippen LogP contribution in [0.15, 0.2) is 29.2 Å². The summed E-state index contributed by atoms with van der Waals surface area (Å²) in [5.74, 6) is -0.872. The molecular weight excluding hydrogens is 243 g/mol. The number of hydrogen-bond acceptors (Lipinski definition) is 3. The predicted molar refractivity (Wildman–Crippen MR) is 53.9 cm³/mol. The fourth-order valence-electron chi connectivity index (χ4n) is 0.974. The van der Waals surface area contributed by atoms with E-state index in [1.807, 2.05) is 0 Å². The van der Waals surface area contributed by atoms with Crippen LogP contribution < -0.4 is 0 Å². The summed E-state index contributed by atoms with van der Waals surface area (Å²) in [4.78, 5) is 10.4. The first-order valence-electron chi connectivity index (χ1n) is 4.08. The molecule has 82 valence electrons. The lowest BCUT2D eigenvalue weighted by Crippen LogP contribution is -2.09. The lowest BCUT2D eigenvalue weighted by atomic mass is 10.4. The Kier molecular flexibility index (Phi) is 3.82. The molecule has 0 saturated carbocycles. The zero-order chi connectivity index (χ0) is 11.5. The van der Waals surface area contributed by atoms with E-state index in [0.29, 0.717) is 0 Å². The average Bonchev–Trinajstić information content (AvgIpc) is 2.16. The Morgan fingerprint density at radius 2 is 1.80 bits per heavy atom. The third-order valence-electron chi connectivity index (χ3n) is 1.74. The second-order valence-electron chi connectivity index (χ2n) is 2.88. The zero-order valence-electron chi connectivity index (χ0n) is 7.61. The first-order valence-corrected chi connectivity index (χ1v) is 6.11. The average molecular weight is 251 g/mol. The molecule has 0 aromatic heterocycles. The van der Waals surface area contributed by atoms with Crippen LogP contribution in [0.1, 0.15) is 6.42 Å². The lowest BCUT2D eigenvalue weighted by Gasteiger charge is -2.01. The number of sulfone groups is 1. The zero-order valence-corrected chi connectivity index (χ0v) is 9.18. The van der Waals surface area contributed by atoms with Crippen LogP contribution in [0.2, 0.25) is 0 Å². The minimum Gasteiger partial charge on any atom is -0.281 e. The molecule has 0 amide bonds. The Morgan fingerprint density at radius 1 is 1.27 bits per heavy atom. The number of carbonyl (C=O) groups is 1. The fraction of sp³-hybridized carbons (Fsp3) is 0.222. The van der Waals surface area contributed by atoms with Crippen LogP contribution in [0.3, 0.4) is 0 Å². The predicted octanol–water partition coefficient (Wildman–Crippen LogP) is 1.75. The van der Waals surface area contributed by atoms with Crippen molar-refractivity contribution in [3.05, 3.63) is 30.1 Å². The maximum atomic E-state index is 12.5. The van der Waals surface area contributed by atoms with E-state index < -0.39 is 20.9 Å². The van der Waals surface area contributed by atoms with E-state index in [4.69, 9.17) is 11.6 Å². The van der Waals surface area contributed by atoms with E-state index in [1.54, 1.807) is 0 Å². The van der Waals surface area contributed by atoms with Gasteiger partial charge < -0.3 is 0 Å². The molecule has 3 nitrogen and oxygen atoms in total. The van der Waals surface area contributed by atoms with Gasteiger partial charge >= 0.3 is 0 Å². The Balaban J connectivity index is 2.87. The highest BCUT2D eigenvalue weighted by Crippen LogP contribution is 2.13. The molecule has 0 bridgehead atoms. The lowest BCUT2D eigenvalue weighted by molar-refractivity contribution is -0.111. The van der Waals surface area contributed by atoms with Crippen molar-refractivity contribution in [1.82, 2.24) is 0 Å². The van der Waals surface area contributed by atoms with Gasteiger partial charge in [0.05, 0.1) is 10.6 Å². The number of halogens is 2. The van der Waals surface area contributed by atoms with E-state index in [2.05, 4.69) is 0 Å². The molecule has 0 unspecified atom stereocenters. The molecular formula is C9H8ClFO3S. The summed E-state index contributed by atoms with van der Waals surface area (Å²) in [6.45, 7) is 0. The molecule has 0 aliphatic carbocycles. The molecule has 0 atom stereocenters. The van der Waals surface area contributed by atoms with Crippen molar-refractivity contribution in [2.75, 3.05) is 5.75 Å². The van der Waals surface area contributed by atoms with Crippen LogP contribution in [0.25, 0.3) is 0 Å². The SMILES string of the molecule is O=C(Cl)CCS(=O)(=O)c1ccc(F)cc1. The van der Waals surface area contributed by atoms with Gasteiger partial charge in [-0.3, -0.25) is 4.79 Å². The normalized spacial score (nSPS) is 11.3. The molecule has 0 N–H and O–H groups in total. The molecule has 1 rings (SSSR count). The summed E-state index contributed by atoms with van der Waals surface area (Å²) in [5, 5.41) is -0.708. The summed E-state index contributed by atoms with van der Waals surface area (Å²) in [6.07, 6.45) is -0.249. The largest absolute Gasteiger partial charge is 0.281 e. The van der Waals surface area contributed by atoms with Crippen molar-refractivity contribution in [2.45, 2.75) is 11.3 Å². The van der Waals surface area contributed by atoms with E-state index in [-0.39, 0.29) is 17.1 Å².